The molecule has 0 bridgehead atoms. The number of anilines is 1. The summed E-state index contributed by atoms with van der Waals surface area (Å²) < 4.78 is 10.3. The molecule has 21 heavy (non-hydrogen) atoms. The van der Waals surface area contributed by atoms with Gasteiger partial charge in [-0.05, 0) is 31.2 Å². The second-order valence-electron chi connectivity index (χ2n) is 4.47. The Morgan fingerprint density at radius 1 is 1.14 bits per heavy atom. The van der Waals surface area contributed by atoms with Crippen LogP contribution < -0.4 is 10.1 Å². The third-order valence-corrected chi connectivity index (χ3v) is 3.05. The quantitative estimate of drug-likeness (QED) is 0.825. The molecule has 2 aromatic rings. The van der Waals surface area contributed by atoms with E-state index in [-0.39, 0.29) is 5.97 Å². The zero-order valence-electron chi connectivity index (χ0n) is 12.3. The smallest absolute Gasteiger partial charge is 0.338 e. The fourth-order valence-electron chi connectivity index (χ4n) is 2.02. The second kappa shape index (κ2) is 7.33. The Labute approximate surface area is 124 Å². The molecule has 2 rings (SSSR count). The van der Waals surface area contributed by atoms with Gasteiger partial charge >= 0.3 is 5.97 Å². The molecule has 0 radical (unpaired) electrons. The molecule has 0 aromatic heterocycles. The van der Waals surface area contributed by atoms with Crippen LogP contribution in [-0.2, 0) is 11.3 Å². The minimum atomic E-state index is -0.307. The molecule has 0 aliphatic carbocycles. The summed E-state index contributed by atoms with van der Waals surface area (Å²) in [6.07, 6.45) is 0. The summed E-state index contributed by atoms with van der Waals surface area (Å²) in [6, 6.07) is 15.1. The molecule has 0 amide bonds. The van der Waals surface area contributed by atoms with Gasteiger partial charge in [-0.1, -0.05) is 24.3 Å². The lowest BCUT2D eigenvalue weighted by Gasteiger charge is -2.11. The van der Waals surface area contributed by atoms with Crippen molar-refractivity contribution in [2.45, 2.75) is 13.5 Å². The Kier molecular flexibility index (Phi) is 5.21. The minimum Gasteiger partial charge on any atom is -0.496 e. The maximum absolute atomic E-state index is 11.7. The Bertz CT molecular complexity index is 610. The Balaban J connectivity index is 2.06. The van der Waals surface area contributed by atoms with Crippen LogP contribution >= 0.6 is 0 Å². The van der Waals surface area contributed by atoms with E-state index in [1.54, 1.807) is 26.2 Å². The summed E-state index contributed by atoms with van der Waals surface area (Å²) in [7, 11) is 1.65. The van der Waals surface area contributed by atoms with Crippen molar-refractivity contribution >= 4 is 11.7 Å². The number of carbonyl (C=O) groups is 1. The third-order valence-electron chi connectivity index (χ3n) is 3.05. The molecule has 0 aliphatic rings. The lowest BCUT2D eigenvalue weighted by atomic mass is 10.1. The van der Waals surface area contributed by atoms with Gasteiger partial charge < -0.3 is 14.8 Å². The van der Waals surface area contributed by atoms with Crippen molar-refractivity contribution in [1.82, 2.24) is 0 Å². The minimum absolute atomic E-state index is 0.307. The Hall–Kier alpha value is -2.49. The largest absolute Gasteiger partial charge is 0.496 e. The molecule has 0 spiro atoms. The molecule has 110 valence electrons. The van der Waals surface area contributed by atoms with Gasteiger partial charge in [0.2, 0.25) is 0 Å². The van der Waals surface area contributed by atoms with Gasteiger partial charge in [-0.3, -0.25) is 0 Å². The molecule has 0 fully saturated rings. The number of rotatable bonds is 6. The zero-order chi connectivity index (χ0) is 15.1. The van der Waals surface area contributed by atoms with E-state index in [1.165, 1.54) is 0 Å². The number of para-hydroxylation sites is 1. The first-order valence-corrected chi connectivity index (χ1v) is 6.87. The molecule has 0 atom stereocenters. The predicted octanol–water partition coefficient (Wildman–Crippen LogP) is 3.48. The van der Waals surface area contributed by atoms with Crippen molar-refractivity contribution in [2.24, 2.45) is 0 Å². The average molecular weight is 285 g/mol. The van der Waals surface area contributed by atoms with Crippen LogP contribution in [0, 0.1) is 0 Å². The van der Waals surface area contributed by atoms with Crippen molar-refractivity contribution in [1.29, 1.82) is 0 Å². The van der Waals surface area contributed by atoms with Gasteiger partial charge in [0.25, 0.3) is 0 Å². The van der Waals surface area contributed by atoms with Crippen molar-refractivity contribution in [2.75, 3.05) is 19.0 Å². The first kappa shape index (κ1) is 14.9. The van der Waals surface area contributed by atoms with Crippen LogP contribution in [0.4, 0.5) is 5.69 Å². The van der Waals surface area contributed by atoms with E-state index in [0.29, 0.717) is 18.7 Å². The lowest BCUT2D eigenvalue weighted by molar-refractivity contribution is 0.0526. The number of ether oxygens (including phenoxy) is 2. The van der Waals surface area contributed by atoms with E-state index in [2.05, 4.69) is 5.32 Å². The second-order valence-corrected chi connectivity index (χ2v) is 4.47. The molecule has 2 aromatic carbocycles. The zero-order valence-corrected chi connectivity index (χ0v) is 12.3. The van der Waals surface area contributed by atoms with E-state index in [0.717, 1.165) is 17.0 Å². The van der Waals surface area contributed by atoms with Crippen LogP contribution in [0.2, 0.25) is 0 Å². The summed E-state index contributed by atoms with van der Waals surface area (Å²) >= 11 is 0. The monoisotopic (exact) mass is 285 g/mol. The molecule has 0 heterocycles. The Morgan fingerprint density at radius 2 is 1.95 bits per heavy atom. The van der Waals surface area contributed by atoms with Crippen molar-refractivity contribution in [3.05, 3.63) is 59.7 Å². The maximum Gasteiger partial charge on any atom is 0.338 e. The predicted molar refractivity (Wildman–Crippen MR) is 82.7 cm³/mol. The first-order chi connectivity index (χ1) is 10.2. The van der Waals surface area contributed by atoms with Crippen LogP contribution in [0.3, 0.4) is 0 Å². The normalized spacial score (nSPS) is 10.0. The van der Waals surface area contributed by atoms with Crippen LogP contribution in [0.25, 0.3) is 0 Å². The number of nitrogens with one attached hydrogen (secondary N) is 1. The Morgan fingerprint density at radius 3 is 2.71 bits per heavy atom. The van der Waals surface area contributed by atoms with Crippen LogP contribution in [0.1, 0.15) is 22.8 Å². The van der Waals surface area contributed by atoms with Gasteiger partial charge in [0.1, 0.15) is 5.75 Å². The first-order valence-electron chi connectivity index (χ1n) is 6.87. The molecular formula is C17H19NO3. The SMILES string of the molecule is CCOC(=O)c1cccc(NCc2ccccc2OC)c1. The summed E-state index contributed by atoms with van der Waals surface area (Å²) in [5, 5.41) is 3.29. The van der Waals surface area contributed by atoms with E-state index in [9.17, 15) is 4.79 Å². The van der Waals surface area contributed by atoms with Gasteiger partial charge in [-0.2, -0.15) is 0 Å². The topological polar surface area (TPSA) is 47.6 Å². The lowest BCUT2D eigenvalue weighted by Crippen LogP contribution is -2.06. The summed E-state index contributed by atoms with van der Waals surface area (Å²) in [5.41, 5.74) is 2.47. The highest BCUT2D eigenvalue weighted by Gasteiger charge is 2.07. The van der Waals surface area contributed by atoms with Gasteiger partial charge in [-0.25, -0.2) is 4.79 Å². The van der Waals surface area contributed by atoms with Crippen molar-refractivity contribution < 1.29 is 14.3 Å². The number of methoxy groups -OCH3 is 1. The maximum atomic E-state index is 11.7. The van der Waals surface area contributed by atoms with Crippen LogP contribution in [0.15, 0.2) is 48.5 Å². The number of benzene rings is 2. The van der Waals surface area contributed by atoms with Crippen LogP contribution in [0.5, 0.6) is 5.75 Å². The van der Waals surface area contributed by atoms with Gasteiger partial charge in [-0.15, -0.1) is 0 Å². The van der Waals surface area contributed by atoms with E-state index in [4.69, 9.17) is 9.47 Å². The highest BCUT2D eigenvalue weighted by molar-refractivity contribution is 5.90. The molecular weight excluding hydrogens is 266 g/mol. The standard InChI is InChI=1S/C17H19NO3/c1-3-21-17(19)13-8-6-9-15(11-13)18-12-14-7-4-5-10-16(14)20-2/h4-11,18H,3,12H2,1-2H3. The molecule has 1 N–H and O–H groups in total. The summed E-state index contributed by atoms with van der Waals surface area (Å²) in [4.78, 5) is 11.7. The number of carbonyl (C=O) groups excluding carboxylic acids is 1. The highest BCUT2D eigenvalue weighted by atomic mass is 16.5. The summed E-state index contributed by atoms with van der Waals surface area (Å²) in [5.74, 6) is 0.532. The van der Waals surface area contributed by atoms with Crippen molar-refractivity contribution in [3.63, 3.8) is 0 Å². The van der Waals surface area contributed by atoms with Crippen molar-refractivity contribution in [3.8, 4) is 5.75 Å². The molecule has 0 saturated heterocycles. The van der Waals surface area contributed by atoms with Crippen LogP contribution in [-0.4, -0.2) is 19.7 Å². The summed E-state index contributed by atoms with van der Waals surface area (Å²) in [6.45, 7) is 2.79. The van der Waals surface area contributed by atoms with Gasteiger partial charge in [0.15, 0.2) is 0 Å². The molecule has 4 nitrogen and oxygen atoms in total. The molecule has 0 aliphatic heterocycles. The molecule has 0 unspecified atom stereocenters. The third kappa shape index (κ3) is 3.99. The number of hydrogen-bond donors (Lipinski definition) is 1. The fraction of sp³-hybridized carbons (Fsp3) is 0.235. The van der Waals surface area contributed by atoms with Gasteiger partial charge in [0.05, 0.1) is 19.3 Å². The average Bonchev–Trinajstić information content (AvgIpc) is 2.53. The number of hydrogen-bond acceptors (Lipinski definition) is 4. The fourth-order valence-corrected chi connectivity index (χ4v) is 2.02. The molecule has 4 heteroatoms. The highest BCUT2D eigenvalue weighted by Crippen LogP contribution is 2.19. The van der Waals surface area contributed by atoms with E-state index < -0.39 is 0 Å². The van der Waals surface area contributed by atoms with Gasteiger partial charge in [0, 0.05) is 17.8 Å². The van der Waals surface area contributed by atoms with E-state index in [1.807, 2.05) is 36.4 Å². The van der Waals surface area contributed by atoms with E-state index >= 15 is 0 Å². The number of esters is 1. The molecule has 0 saturated carbocycles.